The maximum Gasteiger partial charge on any atom is 0.156 e. The summed E-state index contributed by atoms with van der Waals surface area (Å²) in [4.78, 5) is 2.04. The Morgan fingerprint density at radius 1 is 1.25 bits per heavy atom. The Hall–Kier alpha value is -2.76. The maximum absolute atomic E-state index is 5.43. The number of ether oxygens (including phenoxy) is 1. The average Bonchev–Trinajstić information content (AvgIpc) is 3.16. The lowest BCUT2D eigenvalue weighted by Gasteiger charge is -2.13. The van der Waals surface area contributed by atoms with Gasteiger partial charge in [0.2, 0.25) is 0 Å². The van der Waals surface area contributed by atoms with Gasteiger partial charge >= 0.3 is 0 Å². The van der Waals surface area contributed by atoms with Crippen LogP contribution in [-0.2, 0) is 6.54 Å². The van der Waals surface area contributed by atoms with E-state index in [4.69, 9.17) is 9.26 Å². The molecule has 24 heavy (non-hydrogen) atoms. The van der Waals surface area contributed by atoms with Crippen LogP contribution in [0.25, 0.3) is 11.3 Å². The minimum atomic E-state index is 0.611. The van der Waals surface area contributed by atoms with Crippen LogP contribution >= 0.6 is 0 Å². The smallest absolute Gasteiger partial charge is 0.156 e. The molecule has 0 amide bonds. The third-order valence-corrected chi connectivity index (χ3v) is 4.32. The number of rotatable bonds is 6. The van der Waals surface area contributed by atoms with Crippen LogP contribution < -0.4 is 9.64 Å². The summed E-state index contributed by atoms with van der Waals surface area (Å²) in [7, 11) is 3.66. The summed E-state index contributed by atoms with van der Waals surface area (Å²) in [6.07, 6.45) is 2.46. The number of aromatic amines is 1. The monoisotopic (exact) mass is 324 g/mol. The molecule has 2 aromatic heterocycles. The molecule has 3 aromatic rings. The van der Waals surface area contributed by atoms with Gasteiger partial charge in [-0.3, -0.25) is 5.10 Å². The van der Waals surface area contributed by atoms with Crippen molar-refractivity contribution in [3.05, 3.63) is 47.9 Å². The minimum Gasteiger partial charge on any atom is -0.497 e. The summed E-state index contributed by atoms with van der Waals surface area (Å²) >= 11 is 0. The highest BCUT2D eigenvalue weighted by molar-refractivity contribution is 5.63. The molecule has 1 aliphatic carbocycles. The molecule has 0 radical (unpaired) electrons. The molecular weight excluding hydrogens is 304 g/mol. The first kappa shape index (κ1) is 14.8. The number of H-pyrrole nitrogens is 1. The van der Waals surface area contributed by atoms with E-state index in [2.05, 4.69) is 21.4 Å². The van der Waals surface area contributed by atoms with Crippen LogP contribution in [0.3, 0.4) is 0 Å². The topological polar surface area (TPSA) is 67.2 Å². The zero-order valence-corrected chi connectivity index (χ0v) is 13.8. The predicted molar refractivity (Wildman–Crippen MR) is 91.2 cm³/mol. The number of nitrogens with zero attached hydrogens (tertiary/aromatic N) is 3. The van der Waals surface area contributed by atoms with E-state index in [1.54, 1.807) is 7.11 Å². The second-order valence-corrected chi connectivity index (χ2v) is 6.22. The van der Waals surface area contributed by atoms with Crippen LogP contribution in [-0.4, -0.2) is 29.5 Å². The van der Waals surface area contributed by atoms with Gasteiger partial charge in [-0.15, -0.1) is 0 Å². The van der Waals surface area contributed by atoms with Gasteiger partial charge in [0.1, 0.15) is 5.75 Å². The molecule has 1 aromatic carbocycles. The molecule has 0 bridgehead atoms. The molecular formula is C18H20N4O2. The molecule has 0 spiro atoms. The number of methoxy groups -OCH3 is 1. The predicted octanol–water partition coefficient (Wildman–Crippen LogP) is 3.59. The number of nitrogens with one attached hydrogen (secondary N) is 1. The quantitative estimate of drug-likeness (QED) is 0.750. The molecule has 6 heteroatoms. The van der Waals surface area contributed by atoms with Gasteiger partial charge in [-0.2, -0.15) is 5.10 Å². The summed E-state index contributed by atoms with van der Waals surface area (Å²) in [6, 6.07) is 12.0. The average molecular weight is 324 g/mol. The van der Waals surface area contributed by atoms with Crippen molar-refractivity contribution < 1.29 is 9.26 Å². The highest BCUT2D eigenvalue weighted by Gasteiger charge is 2.27. The van der Waals surface area contributed by atoms with Gasteiger partial charge in [0, 0.05) is 25.1 Å². The van der Waals surface area contributed by atoms with Gasteiger partial charge in [-0.05, 0) is 42.7 Å². The van der Waals surface area contributed by atoms with Gasteiger partial charge in [-0.25, -0.2) is 0 Å². The van der Waals surface area contributed by atoms with E-state index in [1.165, 1.54) is 12.8 Å². The summed E-state index contributed by atoms with van der Waals surface area (Å²) in [5.41, 5.74) is 3.12. The Kier molecular flexibility index (Phi) is 3.72. The second-order valence-electron chi connectivity index (χ2n) is 6.22. The number of hydrogen-bond acceptors (Lipinski definition) is 5. The maximum atomic E-state index is 5.43. The van der Waals surface area contributed by atoms with Crippen LogP contribution in [0.15, 0.2) is 40.9 Å². The van der Waals surface area contributed by atoms with Crippen molar-refractivity contribution in [1.29, 1.82) is 0 Å². The van der Waals surface area contributed by atoms with Crippen molar-refractivity contribution in [2.75, 3.05) is 19.1 Å². The van der Waals surface area contributed by atoms with Crippen LogP contribution in [0, 0.1) is 0 Å². The molecule has 2 heterocycles. The van der Waals surface area contributed by atoms with Crippen molar-refractivity contribution >= 4 is 5.82 Å². The Morgan fingerprint density at radius 2 is 2.04 bits per heavy atom. The van der Waals surface area contributed by atoms with Crippen molar-refractivity contribution in [1.82, 2.24) is 15.4 Å². The van der Waals surface area contributed by atoms with E-state index in [9.17, 15) is 0 Å². The molecule has 4 rings (SSSR count). The molecule has 1 aliphatic rings. The van der Waals surface area contributed by atoms with E-state index in [0.29, 0.717) is 12.5 Å². The third kappa shape index (κ3) is 2.99. The highest BCUT2D eigenvalue weighted by Crippen LogP contribution is 2.39. The lowest BCUT2D eigenvalue weighted by atomic mass is 10.1. The second kappa shape index (κ2) is 6.03. The first-order valence-corrected chi connectivity index (χ1v) is 8.09. The van der Waals surface area contributed by atoms with Crippen LogP contribution in [0.2, 0.25) is 0 Å². The van der Waals surface area contributed by atoms with E-state index in [-0.39, 0.29) is 0 Å². The first-order valence-electron chi connectivity index (χ1n) is 8.09. The fourth-order valence-corrected chi connectivity index (χ4v) is 2.71. The molecule has 0 aliphatic heterocycles. The lowest BCUT2D eigenvalue weighted by Crippen LogP contribution is -2.16. The highest BCUT2D eigenvalue weighted by atomic mass is 16.5. The SMILES string of the molecule is COc1ccc(-c2cc(N(C)Cc3cc(C4CC4)no3)n[nH]2)cc1. The summed E-state index contributed by atoms with van der Waals surface area (Å²) in [6.45, 7) is 0.645. The van der Waals surface area contributed by atoms with Crippen LogP contribution in [0.1, 0.15) is 30.2 Å². The van der Waals surface area contributed by atoms with Gasteiger partial charge in [-0.1, -0.05) is 5.16 Å². The van der Waals surface area contributed by atoms with E-state index in [1.807, 2.05) is 42.3 Å². The number of benzene rings is 1. The van der Waals surface area contributed by atoms with E-state index >= 15 is 0 Å². The Balaban J connectivity index is 1.46. The summed E-state index contributed by atoms with van der Waals surface area (Å²) < 4.78 is 10.6. The number of anilines is 1. The fourth-order valence-electron chi connectivity index (χ4n) is 2.71. The molecule has 1 N–H and O–H groups in total. The molecule has 1 saturated carbocycles. The van der Waals surface area contributed by atoms with Crippen molar-refractivity contribution in [3.63, 3.8) is 0 Å². The van der Waals surface area contributed by atoms with Crippen LogP contribution in [0.4, 0.5) is 5.82 Å². The van der Waals surface area contributed by atoms with Crippen molar-refractivity contribution in [3.8, 4) is 17.0 Å². The standard InChI is InChI=1S/C18H20N4O2/c1-22(11-15-9-17(21-24-15)13-3-4-13)18-10-16(19-20-18)12-5-7-14(23-2)8-6-12/h5-10,13H,3-4,11H2,1-2H3,(H,19,20). The van der Waals surface area contributed by atoms with Crippen molar-refractivity contribution in [2.24, 2.45) is 0 Å². The molecule has 0 saturated heterocycles. The van der Waals surface area contributed by atoms with Gasteiger partial charge in [0.05, 0.1) is 25.0 Å². The number of aromatic nitrogens is 3. The normalized spacial score (nSPS) is 13.9. The molecule has 124 valence electrons. The van der Waals surface area contributed by atoms with Gasteiger partial charge in [0.25, 0.3) is 0 Å². The third-order valence-electron chi connectivity index (χ3n) is 4.32. The Morgan fingerprint density at radius 3 is 2.75 bits per heavy atom. The summed E-state index contributed by atoms with van der Waals surface area (Å²) in [5, 5.41) is 11.6. The first-order chi connectivity index (χ1) is 11.7. The van der Waals surface area contributed by atoms with E-state index in [0.717, 1.165) is 34.3 Å². The van der Waals surface area contributed by atoms with E-state index < -0.39 is 0 Å². The fraction of sp³-hybridized carbons (Fsp3) is 0.333. The van der Waals surface area contributed by atoms with Gasteiger partial charge < -0.3 is 14.2 Å². The molecule has 0 unspecified atom stereocenters. The lowest BCUT2D eigenvalue weighted by molar-refractivity contribution is 0.377. The largest absolute Gasteiger partial charge is 0.497 e. The summed E-state index contributed by atoms with van der Waals surface area (Å²) in [5.74, 6) is 3.19. The zero-order chi connectivity index (χ0) is 16.5. The number of hydrogen-bond donors (Lipinski definition) is 1. The molecule has 6 nitrogen and oxygen atoms in total. The van der Waals surface area contributed by atoms with Crippen molar-refractivity contribution in [2.45, 2.75) is 25.3 Å². The Bertz CT molecular complexity index is 818. The molecule has 1 fully saturated rings. The minimum absolute atomic E-state index is 0.611. The van der Waals surface area contributed by atoms with Crippen LogP contribution in [0.5, 0.6) is 5.75 Å². The van der Waals surface area contributed by atoms with Gasteiger partial charge in [0.15, 0.2) is 11.6 Å². The molecule has 0 atom stereocenters. The Labute approximate surface area is 140 Å². The zero-order valence-electron chi connectivity index (χ0n) is 13.8.